The van der Waals surface area contributed by atoms with Gasteiger partial charge in [0.25, 0.3) is 5.69 Å². The van der Waals surface area contributed by atoms with Crippen molar-refractivity contribution in [1.29, 1.82) is 0 Å². The fourth-order valence-electron chi connectivity index (χ4n) is 1.91. The van der Waals surface area contributed by atoms with Gasteiger partial charge in [-0.1, -0.05) is 23.2 Å². The zero-order valence-corrected chi connectivity index (χ0v) is 13.9. The first-order chi connectivity index (χ1) is 11.7. The minimum atomic E-state index is -4.52. The molecule has 0 saturated carbocycles. The molecule has 6 nitrogen and oxygen atoms in total. The Labute approximate surface area is 150 Å². The van der Waals surface area contributed by atoms with Crippen molar-refractivity contribution in [2.75, 3.05) is 23.7 Å². The van der Waals surface area contributed by atoms with E-state index in [0.717, 1.165) is 6.07 Å². The molecule has 11 heteroatoms. The third-order valence-electron chi connectivity index (χ3n) is 3.06. The number of rotatable bonds is 6. The van der Waals surface area contributed by atoms with E-state index in [0.29, 0.717) is 6.20 Å². The summed E-state index contributed by atoms with van der Waals surface area (Å²) in [5, 5.41) is 16.6. The van der Waals surface area contributed by atoms with Crippen molar-refractivity contribution in [2.24, 2.45) is 0 Å². The minimum absolute atomic E-state index is 0.0853. The van der Waals surface area contributed by atoms with E-state index in [-0.39, 0.29) is 40.3 Å². The number of nitro benzene ring substituents is 1. The van der Waals surface area contributed by atoms with E-state index in [2.05, 4.69) is 15.6 Å². The van der Waals surface area contributed by atoms with Gasteiger partial charge in [-0.2, -0.15) is 13.2 Å². The Morgan fingerprint density at radius 2 is 1.84 bits per heavy atom. The van der Waals surface area contributed by atoms with Gasteiger partial charge in [-0.15, -0.1) is 0 Å². The molecule has 0 aliphatic rings. The molecule has 0 aliphatic carbocycles. The number of hydrogen-bond acceptors (Lipinski definition) is 5. The molecule has 0 atom stereocenters. The van der Waals surface area contributed by atoms with Crippen molar-refractivity contribution in [3.05, 3.63) is 56.2 Å². The number of nitro groups is 1. The highest BCUT2D eigenvalue weighted by Crippen LogP contribution is 2.32. The van der Waals surface area contributed by atoms with Crippen LogP contribution in [-0.2, 0) is 6.18 Å². The third kappa shape index (κ3) is 5.10. The van der Waals surface area contributed by atoms with Crippen LogP contribution in [0.25, 0.3) is 0 Å². The highest BCUT2D eigenvalue weighted by atomic mass is 35.5. The van der Waals surface area contributed by atoms with Gasteiger partial charge >= 0.3 is 6.18 Å². The Morgan fingerprint density at radius 1 is 1.16 bits per heavy atom. The molecule has 25 heavy (non-hydrogen) atoms. The fraction of sp³-hybridized carbons (Fsp3) is 0.214. The predicted octanol–water partition coefficient (Wildman–Crippen LogP) is 4.84. The molecule has 1 aromatic heterocycles. The second-order valence-corrected chi connectivity index (χ2v) is 5.67. The van der Waals surface area contributed by atoms with E-state index in [4.69, 9.17) is 23.2 Å². The Kier molecular flexibility index (Phi) is 5.91. The average Bonchev–Trinajstić information content (AvgIpc) is 2.52. The molecular formula is C14H11Cl2F3N4O2. The maximum absolute atomic E-state index is 12.5. The van der Waals surface area contributed by atoms with E-state index in [1.165, 1.54) is 18.2 Å². The van der Waals surface area contributed by atoms with E-state index in [1.807, 2.05) is 0 Å². The number of benzene rings is 1. The topological polar surface area (TPSA) is 80.1 Å². The smallest absolute Gasteiger partial charge is 0.378 e. The quantitative estimate of drug-likeness (QED) is 0.416. The number of nitrogens with zero attached hydrogens (tertiary/aromatic N) is 2. The van der Waals surface area contributed by atoms with Crippen LogP contribution in [0.4, 0.5) is 30.4 Å². The summed E-state index contributed by atoms with van der Waals surface area (Å²) >= 11 is 11.5. The van der Waals surface area contributed by atoms with Crippen LogP contribution in [0, 0.1) is 10.1 Å². The molecule has 1 aromatic carbocycles. The summed E-state index contributed by atoms with van der Waals surface area (Å²) in [4.78, 5) is 14.0. The van der Waals surface area contributed by atoms with Crippen LogP contribution >= 0.6 is 23.2 Å². The number of alkyl halides is 3. The molecule has 0 fully saturated rings. The highest BCUT2D eigenvalue weighted by Gasteiger charge is 2.31. The van der Waals surface area contributed by atoms with Gasteiger partial charge in [-0.25, -0.2) is 4.98 Å². The molecule has 0 amide bonds. The standard InChI is InChI=1S/C14H11Cl2F3N4O2/c15-9-1-2-11(12(6-9)23(24)25)20-3-4-21-13-10(16)5-8(7-22-13)14(17,18)19/h1-2,5-7,20H,3-4H2,(H,21,22). The van der Waals surface area contributed by atoms with Crippen LogP contribution in [0.1, 0.15) is 5.56 Å². The van der Waals surface area contributed by atoms with Gasteiger partial charge in [0.2, 0.25) is 0 Å². The summed E-state index contributed by atoms with van der Waals surface area (Å²) in [7, 11) is 0. The zero-order chi connectivity index (χ0) is 18.6. The first-order valence-corrected chi connectivity index (χ1v) is 7.58. The van der Waals surface area contributed by atoms with Gasteiger partial charge in [0.05, 0.1) is 15.5 Å². The zero-order valence-electron chi connectivity index (χ0n) is 12.4. The van der Waals surface area contributed by atoms with Crippen LogP contribution < -0.4 is 10.6 Å². The monoisotopic (exact) mass is 394 g/mol. The first kappa shape index (κ1) is 19.1. The van der Waals surface area contributed by atoms with Crippen LogP contribution in [-0.4, -0.2) is 23.0 Å². The Hall–Kier alpha value is -2.26. The lowest BCUT2D eigenvalue weighted by Crippen LogP contribution is -2.15. The second kappa shape index (κ2) is 7.75. The maximum Gasteiger partial charge on any atom is 0.417 e. The molecule has 0 spiro atoms. The largest absolute Gasteiger partial charge is 0.417 e. The molecule has 0 radical (unpaired) electrons. The summed E-state index contributed by atoms with van der Waals surface area (Å²) in [5.74, 6) is 0.0853. The van der Waals surface area contributed by atoms with E-state index in [9.17, 15) is 23.3 Å². The van der Waals surface area contributed by atoms with E-state index >= 15 is 0 Å². The van der Waals surface area contributed by atoms with Gasteiger partial charge < -0.3 is 10.6 Å². The van der Waals surface area contributed by atoms with E-state index in [1.54, 1.807) is 0 Å². The van der Waals surface area contributed by atoms with Crippen molar-refractivity contribution in [2.45, 2.75) is 6.18 Å². The summed E-state index contributed by atoms with van der Waals surface area (Å²) < 4.78 is 37.6. The maximum atomic E-state index is 12.5. The third-order valence-corrected chi connectivity index (χ3v) is 3.58. The predicted molar refractivity (Wildman–Crippen MR) is 89.3 cm³/mol. The van der Waals surface area contributed by atoms with Gasteiger partial charge in [0.1, 0.15) is 11.5 Å². The summed E-state index contributed by atoms with van der Waals surface area (Å²) in [6.45, 7) is 0.458. The summed E-state index contributed by atoms with van der Waals surface area (Å²) in [6.07, 6.45) is -3.85. The number of hydrogen-bond donors (Lipinski definition) is 2. The van der Waals surface area contributed by atoms with Gasteiger partial charge in [0.15, 0.2) is 0 Å². The number of halogens is 5. The van der Waals surface area contributed by atoms with Crippen molar-refractivity contribution < 1.29 is 18.1 Å². The number of anilines is 2. The van der Waals surface area contributed by atoms with Crippen molar-refractivity contribution in [3.63, 3.8) is 0 Å². The molecule has 0 unspecified atom stereocenters. The Morgan fingerprint density at radius 3 is 2.44 bits per heavy atom. The molecular weight excluding hydrogens is 384 g/mol. The molecule has 2 aromatic rings. The fourth-order valence-corrected chi connectivity index (χ4v) is 2.31. The van der Waals surface area contributed by atoms with Crippen LogP contribution in [0.15, 0.2) is 30.5 Å². The number of pyridine rings is 1. The van der Waals surface area contributed by atoms with Crippen molar-refractivity contribution in [1.82, 2.24) is 4.98 Å². The normalized spacial score (nSPS) is 11.2. The van der Waals surface area contributed by atoms with E-state index < -0.39 is 16.7 Å². The molecule has 0 saturated heterocycles. The molecule has 2 rings (SSSR count). The van der Waals surface area contributed by atoms with Crippen LogP contribution in [0.5, 0.6) is 0 Å². The average molecular weight is 395 g/mol. The second-order valence-electron chi connectivity index (χ2n) is 4.82. The van der Waals surface area contributed by atoms with Gasteiger partial charge in [0, 0.05) is 30.4 Å². The summed E-state index contributed by atoms with van der Waals surface area (Å²) in [6, 6.07) is 4.95. The molecule has 134 valence electrons. The number of nitrogens with one attached hydrogen (secondary N) is 2. The lowest BCUT2D eigenvalue weighted by molar-refractivity contribution is -0.383. The highest BCUT2D eigenvalue weighted by molar-refractivity contribution is 6.33. The lowest BCUT2D eigenvalue weighted by Gasteiger charge is -2.12. The summed E-state index contributed by atoms with van der Waals surface area (Å²) in [5.41, 5.74) is -0.862. The van der Waals surface area contributed by atoms with Gasteiger partial charge in [-0.05, 0) is 18.2 Å². The molecule has 1 heterocycles. The number of aromatic nitrogens is 1. The first-order valence-electron chi connectivity index (χ1n) is 6.83. The van der Waals surface area contributed by atoms with Crippen LogP contribution in [0.3, 0.4) is 0 Å². The Bertz CT molecular complexity index is 787. The Balaban J connectivity index is 1.95. The van der Waals surface area contributed by atoms with Crippen molar-refractivity contribution in [3.8, 4) is 0 Å². The van der Waals surface area contributed by atoms with Gasteiger partial charge in [-0.3, -0.25) is 10.1 Å². The van der Waals surface area contributed by atoms with Crippen molar-refractivity contribution >= 4 is 40.4 Å². The molecule has 0 bridgehead atoms. The SMILES string of the molecule is O=[N+]([O-])c1cc(Cl)ccc1NCCNc1ncc(C(F)(F)F)cc1Cl. The van der Waals surface area contributed by atoms with Crippen LogP contribution in [0.2, 0.25) is 10.0 Å². The minimum Gasteiger partial charge on any atom is -0.378 e. The molecule has 0 aliphatic heterocycles. The molecule has 2 N–H and O–H groups in total. The lowest BCUT2D eigenvalue weighted by atomic mass is 10.2.